The molecule has 0 radical (unpaired) electrons. The van der Waals surface area contributed by atoms with E-state index in [1.54, 1.807) is 20.8 Å². The normalized spacial score (nSPS) is 14.4. The number of aromatic carboxylic acids is 1. The van der Waals surface area contributed by atoms with E-state index in [0.29, 0.717) is 6.07 Å². The summed E-state index contributed by atoms with van der Waals surface area (Å²) in [6.07, 6.45) is -5.80. The van der Waals surface area contributed by atoms with Gasteiger partial charge in [0.05, 0.1) is 27.4 Å². The number of alkyl halides is 3. The number of nitrogens with one attached hydrogen (secondary N) is 2. The summed E-state index contributed by atoms with van der Waals surface area (Å²) >= 11 is 5.98. The Morgan fingerprint density at radius 2 is 1.73 bits per heavy atom. The highest BCUT2D eigenvalue weighted by Gasteiger charge is 2.37. The number of ether oxygens (including phenoxy) is 1. The molecule has 40 heavy (non-hydrogen) atoms. The van der Waals surface area contributed by atoms with Crippen molar-refractivity contribution in [2.45, 2.75) is 45.4 Å². The molecule has 1 heterocycles. The molecule has 0 aliphatic carbocycles. The predicted molar refractivity (Wildman–Crippen MR) is 138 cm³/mol. The van der Waals surface area contributed by atoms with Gasteiger partial charge >= 0.3 is 18.2 Å². The van der Waals surface area contributed by atoms with E-state index in [1.807, 2.05) is 0 Å². The van der Waals surface area contributed by atoms with E-state index in [9.17, 15) is 31.9 Å². The highest BCUT2D eigenvalue weighted by molar-refractivity contribution is 6.34. The average Bonchev–Trinajstić information content (AvgIpc) is 3.04. The van der Waals surface area contributed by atoms with Crippen molar-refractivity contribution < 1.29 is 41.8 Å². The van der Waals surface area contributed by atoms with Gasteiger partial charge in [-0.15, -0.1) is 0 Å². The largest absolute Gasteiger partial charge is 0.478 e. The lowest BCUT2D eigenvalue weighted by molar-refractivity contribution is -0.137. The van der Waals surface area contributed by atoms with E-state index in [0.717, 1.165) is 30.3 Å². The second-order valence-electron chi connectivity index (χ2n) is 9.91. The van der Waals surface area contributed by atoms with Gasteiger partial charge in [0.25, 0.3) is 5.91 Å². The Morgan fingerprint density at radius 3 is 2.30 bits per heavy atom. The lowest BCUT2D eigenvalue weighted by Crippen LogP contribution is -2.37. The van der Waals surface area contributed by atoms with E-state index in [4.69, 9.17) is 26.9 Å². The zero-order valence-corrected chi connectivity index (χ0v) is 22.5. The molecule has 8 nitrogen and oxygen atoms in total. The van der Waals surface area contributed by atoms with Crippen LogP contribution in [0.3, 0.4) is 0 Å². The van der Waals surface area contributed by atoms with Crippen LogP contribution in [-0.2, 0) is 10.9 Å². The first kappa shape index (κ1) is 30.6. The van der Waals surface area contributed by atoms with Gasteiger partial charge in [-0.25, -0.2) is 14.0 Å². The molecule has 0 saturated heterocycles. The molecule has 1 aliphatic heterocycles. The van der Waals surface area contributed by atoms with Crippen molar-refractivity contribution in [2.75, 3.05) is 13.1 Å². The molecule has 0 fully saturated rings. The number of halogens is 5. The van der Waals surface area contributed by atoms with E-state index >= 15 is 0 Å². The number of hydrogen-bond acceptors (Lipinski definition) is 5. The monoisotopic (exact) mass is 583 g/mol. The summed E-state index contributed by atoms with van der Waals surface area (Å²) in [6, 6.07) is 5.79. The number of carboxylic acid groups (broad SMARTS) is 1. The highest BCUT2D eigenvalue weighted by atomic mass is 35.5. The first-order valence-corrected chi connectivity index (χ1v) is 12.4. The summed E-state index contributed by atoms with van der Waals surface area (Å²) in [6.45, 7) is 4.95. The standard InChI is InChI=1S/C27H26ClF4N3O5/c1-26(2,3)40-25(39)35-11-9-16(22(33)15-8-7-14(24(37)38)13-19(15)29)20(10-12-35)34-23(36)21-17(27(30,31)32)5-4-6-18(21)28/h4-8,13,33H,9-12H2,1-3H3,(H,34,36)(H,37,38). The van der Waals surface area contributed by atoms with Gasteiger partial charge < -0.3 is 20.1 Å². The molecule has 2 aromatic carbocycles. The molecule has 0 unspecified atom stereocenters. The molecule has 214 valence electrons. The van der Waals surface area contributed by atoms with Crippen LogP contribution in [0.1, 0.15) is 65.5 Å². The SMILES string of the molecule is CC(C)(C)OC(=O)N1CCC(NC(=O)c2c(Cl)cccc2C(F)(F)F)=C(C(=N)c2ccc(C(=O)O)cc2F)CC1. The summed E-state index contributed by atoms with van der Waals surface area (Å²) in [5, 5.41) is 19.8. The van der Waals surface area contributed by atoms with Crippen LogP contribution in [0.5, 0.6) is 0 Å². The van der Waals surface area contributed by atoms with Gasteiger partial charge in [-0.2, -0.15) is 13.2 Å². The van der Waals surface area contributed by atoms with Crippen LogP contribution in [0.15, 0.2) is 47.7 Å². The Kier molecular flexibility index (Phi) is 8.93. The molecule has 3 rings (SSSR count). The molecule has 0 saturated carbocycles. The summed E-state index contributed by atoms with van der Waals surface area (Å²) in [5.41, 5.74) is -3.99. The third-order valence-corrected chi connectivity index (χ3v) is 6.19. The van der Waals surface area contributed by atoms with Gasteiger partial charge in [0, 0.05) is 30.8 Å². The Labute approximate surface area is 232 Å². The number of carbonyl (C=O) groups is 3. The van der Waals surface area contributed by atoms with Crippen LogP contribution < -0.4 is 5.32 Å². The fourth-order valence-electron chi connectivity index (χ4n) is 4.03. The molecule has 0 bridgehead atoms. The molecule has 0 atom stereocenters. The Hall–Kier alpha value is -3.93. The van der Waals surface area contributed by atoms with E-state index < -0.39 is 57.4 Å². The topological polar surface area (TPSA) is 120 Å². The maximum absolute atomic E-state index is 14.9. The lowest BCUT2D eigenvalue weighted by Gasteiger charge is -2.26. The van der Waals surface area contributed by atoms with Crippen LogP contribution in [-0.4, -0.2) is 52.4 Å². The second-order valence-corrected chi connectivity index (χ2v) is 10.3. The summed E-state index contributed by atoms with van der Waals surface area (Å²) in [7, 11) is 0. The number of carbonyl (C=O) groups excluding carboxylic acids is 2. The molecular weight excluding hydrogens is 558 g/mol. The first-order chi connectivity index (χ1) is 18.5. The molecule has 0 aromatic heterocycles. The van der Waals surface area contributed by atoms with Crippen LogP contribution in [0.4, 0.5) is 22.4 Å². The number of amides is 2. The van der Waals surface area contributed by atoms with E-state index in [-0.39, 0.29) is 48.3 Å². The number of nitrogens with zero attached hydrogens (tertiary/aromatic N) is 1. The van der Waals surface area contributed by atoms with E-state index in [2.05, 4.69) is 5.32 Å². The molecule has 0 spiro atoms. The smallest absolute Gasteiger partial charge is 0.417 e. The van der Waals surface area contributed by atoms with Gasteiger partial charge in [0.15, 0.2) is 0 Å². The predicted octanol–water partition coefficient (Wildman–Crippen LogP) is 6.28. The quantitative estimate of drug-likeness (QED) is 0.283. The number of hydrogen-bond donors (Lipinski definition) is 3. The van der Waals surface area contributed by atoms with Crippen molar-refractivity contribution in [3.8, 4) is 0 Å². The van der Waals surface area contributed by atoms with Crippen LogP contribution in [0.2, 0.25) is 5.02 Å². The Bertz CT molecular complexity index is 1400. The number of rotatable bonds is 5. The Balaban J connectivity index is 2.04. The van der Waals surface area contributed by atoms with Crippen molar-refractivity contribution >= 4 is 35.3 Å². The minimum atomic E-state index is -4.90. The maximum Gasteiger partial charge on any atom is 0.417 e. The molecule has 13 heteroatoms. The van der Waals surface area contributed by atoms with Crippen molar-refractivity contribution in [2.24, 2.45) is 0 Å². The minimum absolute atomic E-state index is 0.0132. The summed E-state index contributed by atoms with van der Waals surface area (Å²) < 4.78 is 61.2. The average molecular weight is 584 g/mol. The summed E-state index contributed by atoms with van der Waals surface area (Å²) in [5.74, 6) is -3.61. The van der Waals surface area contributed by atoms with Gasteiger partial charge in [-0.05, 0) is 63.1 Å². The second kappa shape index (κ2) is 11.7. The highest BCUT2D eigenvalue weighted by Crippen LogP contribution is 2.35. The van der Waals surface area contributed by atoms with Crippen LogP contribution in [0.25, 0.3) is 0 Å². The van der Waals surface area contributed by atoms with Crippen molar-refractivity contribution in [1.29, 1.82) is 5.41 Å². The zero-order chi connectivity index (χ0) is 30.0. The van der Waals surface area contributed by atoms with Gasteiger partial charge in [-0.3, -0.25) is 10.2 Å². The number of carboxylic acids is 1. The van der Waals surface area contributed by atoms with Crippen molar-refractivity contribution in [3.05, 3.63) is 80.8 Å². The molecule has 2 amide bonds. The molecule has 2 aromatic rings. The van der Waals surface area contributed by atoms with Crippen molar-refractivity contribution in [1.82, 2.24) is 10.2 Å². The molecule has 1 aliphatic rings. The molecule has 3 N–H and O–H groups in total. The fourth-order valence-corrected chi connectivity index (χ4v) is 4.29. The van der Waals surface area contributed by atoms with Crippen LogP contribution in [0, 0.1) is 11.2 Å². The Morgan fingerprint density at radius 1 is 1.07 bits per heavy atom. The van der Waals surface area contributed by atoms with Gasteiger partial charge in [0.2, 0.25) is 0 Å². The van der Waals surface area contributed by atoms with E-state index in [1.165, 1.54) is 4.90 Å². The van der Waals surface area contributed by atoms with Gasteiger partial charge in [0.1, 0.15) is 11.4 Å². The third kappa shape index (κ3) is 7.17. The zero-order valence-electron chi connectivity index (χ0n) is 21.7. The molecular formula is C27H26ClF4N3O5. The van der Waals surface area contributed by atoms with Gasteiger partial charge in [-0.1, -0.05) is 17.7 Å². The maximum atomic E-state index is 14.9. The summed E-state index contributed by atoms with van der Waals surface area (Å²) in [4.78, 5) is 38.4. The third-order valence-electron chi connectivity index (χ3n) is 5.88. The fraction of sp³-hybridized carbons (Fsp3) is 0.333. The van der Waals surface area contributed by atoms with Crippen LogP contribution >= 0.6 is 11.6 Å². The first-order valence-electron chi connectivity index (χ1n) is 12.0. The minimum Gasteiger partial charge on any atom is -0.478 e. The number of benzene rings is 2. The van der Waals surface area contributed by atoms with Crippen molar-refractivity contribution in [3.63, 3.8) is 0 Å². The lowest BCUT2D eigenvalue weighted by atomic mass is 9.95.